The van der Waals surface area contributed by atoms with E-state index in [1.807, 2.05) is 30.3 Å². The van der Waals surface area contributed by atoms with Crippen LogP contribution in [-0.4, -0.2) is 23.3 Å². The molecule has 0 unspecified atom stereocenters. The minimum absolute atomic E-state index is 0.0801. The first-order valence-electron chi connectivity index (χ1n) is 7.66. The summed E-state index contributed by atoms with van der Waals surface area (Å²) in [4.78, 5) is 27.7. The van der Waals surface area contributed by atoms with Gasteiger partial charge in [-0.15, -0.1) is 0 Å². The van der Waals surface area contributed by atoms with Gasteiger partial charge in [0.15, 0.2) is 0 Å². The van der Waals surface area contributed by atoms with Crippen LogP contribution in [0.15, 0.2) is 36.4 Å². The van der Waals surface area contributed by atoms with Gasteiger partial charge >= 0.3 is 0 Å². The van der Waals surface area contributed by atoms with E-state index >= 15 is 0 Å². The van der Waals surface area contributed by atoms with Crippen molar-refractivity contribution in [3.05, 3.63) is 36.4 Å². The van der Waals surface area contributed by atoms with Crippen molar-refractivity contribution in [2.75, 3.05) is 11.9 Å². The minimum atomic E-state index is -0.0801. The monoisotopic (exact) mass is 297 g/mol. The number of anilines is 1. The molecule has 0 atom stereocenters. The van der Waals surface area contributed by atoms with E-state index in [0.29, 0.717) is 25.2 Å². The van der Waals surface area contributed by atoms with Gasteiger partial charge in [0, 0.05) is 24.3 Å². The maximum Gasteiger partial charge on any atom is 0.225 e. The Morgan fingerprint density at radius 2 is 1.95 bits per heavy atom. The van der Waals surface area contributed by atoms with Gasteiger partial charge in [-0.25, -0.2) is 4.98 Å². The Morgan fingerprint density at radius 1 is 1.14 bits per heavy atom. The normalized spacial score (nSPS) is 13.8. The van der Waals surface area contributed by atoms with E-state index in [-0.39, 0.29) is 17.7 Å². The second-order valence-corrected chi connectivity index (χ2v) is 5.61. The van der Waals surface area contributed by atoms with Gasteiger partial charge in [0.1, 0.15) is 5.82 Å². The third kappa shape index (κ3) is 3.81. The molecule has 1 aliphatic carbocycles. The highest BCUT2D eigenvalue weighted by Gasteiger charge is 2.28. The second-order valence-electron chi connectivity index (χ2n) is 5.61. The number of rotatable bonds is 6. The van der Waals surface area contributed by atoms with Crippen LogP contribution >= 0.6 is 0 Å². The summed E-state index contributed by atoms with van der Waals surface area (Å²) in [5.41, 5.74) is 0.858. The Bertz CT molecular complexity index is 695. The third-order valence-corrected chi connectivity index (χ3v) is 3.69. The summed E-state index contributed by atoms with van der Waals surface area (Å²) >= 11 is 0. The van der Waals surface area contributed by atoms with Crippen molar-refractivity contribution >= 4 is 28.5 Å². The van der Waals surface area contributed by atoms with E-state index < -0.39 is 0 Å². The van der Waals surface area contributed by atoms with Crippen LogP contribution in [0, 0.1) is 5.92 Å². The highest BCUT2D eigenvalue weighted by atomic mass is 16.2. The van der Waals surface area contributed by atoms with Crippen LogP contribution in [0.3, 0.4) is 0 Å². The largest absolute Gasteiger partial charge is 0.356 e. The van der Waals surface area contributed by atoms with Gasteiger partial charge in [-0.05, 0) is 37.5 Å². The van der Waals surface area contributed by atoms with E-state index in [4.69, 9.17) is 0 Å². The van der Waals surface area contributed by atoms with Crippen LogP contribution in [0.1, 0.15) is 25.7 Å². The van der Waals surface area contributed by atoms with E-state index in [0.717, 1.165) is 23.7 Å². The van der Waals surface area contributed by atoms with Crippen LogP contribution < -0.4 is 10.6 Å². The molecule has 1 aromatic heterocycles. The molecule has 1 heterocycles. The average Bonchev–Trinajstić information content (AvgIpc) is 3.36. The summed E-state index contributed by atoms with van der Waals surface area (Å²) in [5.74, 6) is 0.821. The smallest absolute Gasteiger partial charge is 0.225 e. The van der Waals surface area contributed by atoms with Gasteiger partial charge in [-0.2, -0.15) is 0 Å². The quantitative estimate of drug-likeness (QED) is 0.805. The minimum Gasteiger partial charge on any atom is -0.356 e. The lowest BCUT2D eigenvalue weighted by atomic mass is 10.2. The van der Waals surface area contributed by atoms with Crippen molar-refractivity contribution in [3.63, 3.8) is 0 Å². The standard InChI is InChI=1S/C17H19N3O2/c21-16(6-3-11-18-17(22)13-7-8-13)20-15-10-9-12-4-1-2-5-14(12)19-15/h1-2,4-5,9-10,13H,3,6-8,11H2,(H,18,22)(H,19,20,21). The van der Waals surface area contributed by atoms with Crippen molar-refractivity contribution in [2.24, 2.45) is 5.92 Å². The van der Waals surface area contributed by atoms with Crippen molar-refractivity contribution in [1.29, 1.82) is 0 Å². The fourth-order valence-electron chi connectivity index (χ4n) is 2.29. The number of hydrogen-bond donors (Lipinski definition) is 2. The number of pyridine rings is 1. The lowest BCUT2D eigenvalue weighted by molar-refractivity contribution is -0.122. The number of carbonyl (C=O) groups excluding carboxylic acids is 2. The van der Waals surface area contributed by atoms with Crippen molar-refractivity contribution in [3.8, 4) is 0 Å². The number of aromatic nitrogens is 1. The molecular formula is C17H19N3O2. The predicted octanol–water partition coefficient (Wildman–Crippen LogP) is 2.48. The Balaban J connectivity index is 1.44. The number of fused-ring (bicyclic) bond motifs is 1. The molecule has 1 saturated carbocycles. The van der Waals surface area contributed by atoms with Crippen LogP contribution in [0.5, 0.6) is 0 Å². The number of benzene rings is 1. The van der Waals surface area contributed by atoms with Crippen molar-refractivity contribution in [1.82, 2.24) is 10.3 Å². The highest BCUT2D eigenvalue weighted by Crippen LogP contribution is 2.28. The molecule has 5 heteroatoms. The molecule has 114 valence electrons. The lowest BCUT2D eigenvalue weighted by Gasteiger charge is -2.06. The number of para-hydroxylation sites is 1. The topological polar surface area (TPSA) is 71.1 Å². The first kappa shape index (κ1) is 14.5. The maximum atomic E-state index is 11.9. The van der Waals surface area contributed by atoms with Crippen LogP contribution in [0.25, 0.3) is 10.9 Å². The maximum absolute atomic E-state index is 11.9. The van der Waals surface area contributed by atoms with Gasteiger partial charge in [-0.3, -0.25) is 9.59 Å². The first-order chi connectivity index (χ1) is 10.7. The molecule has 1 aliphatic rings. The second kappa shape index (κ2) is 6.56. The molecule has 5 nitrogen and oxygen atoms in total. The summed E-state index contributed by atoms with van der Waals surface area (Å²) in [6.45, 7) is 0.550. The van der Waals surface area contributed by atoms with Gasteiger partial charge in [0.05, 0.1) is 5.52 Å². The van der Waals surface area contributed by atoms with Gasteiger partial charge in [0.2, 0.25) is 11.8 Å². The summed E-state index contributed by atoms with van der Waals surface area (Å²) < 4.78 is 0. The molecule has 1 fully saturated rings. The number of nitrogens with zero attached hydrogens (tertiary/aromatic N) is 1. The molecule has 2 amide bonds. The summed E-state index contributed by atoms with van der Waals surface area (Å²) in [6.07, 6.45) is 3.01. The average molecular weight is 297 g/mol. The summed E-state index contributed by atoms with van der Waals surface area (Å²) in [5, 5.41) is 6.69. The van der Waals surface area contributed by atoms with Crippen LogP contribution in [0.2, 0.25) is 0 Å². The number of amides is 2. The van der Waals surface area contributed by atoms with E-state index in [2.05, 4.69) is 15.6 Å². The molecule has 0 saturated heterocycles. The number of carbonyl (C=O) groups is 2. The Kier molecular flexibility index (Phi) is 4.32. The van der Waals surface area contributed by atoms with Gasteiger partial charge in [0.25, 0.3) is 0 Å². The molecule has 0 aliphatic heterocycles. The zero-order valence-corrected chi connectivity index (χ0v) is 12.3. The van der Waals surface area contributed by atoms with Crippen molar-refractivity contribution in [2.45, 2.75) is 25.7 Å². The molecule has 2 N–H and O–H groups in total. The highest BCUT2D eigenvalue weighted by molar-refractivity contribution is 5.91. The fraction of sp³-hybridized carbons (Fsp3) is 0.353. The van der Waals surface area contributed by atoms with Crippen LogP contribution in [0.4, 0.5) is 5.82 Å². The third-order valence-electron chi connectivity index (χ3n) is 3.69. The fourth-order valence-corrected chi connectivity index (χ4v) is 2.29. The molecule has 2 aromatic rings. The molecular weight excluding hydrogens is 278 g/mol. The van der Waals surface area contributed by atoms with E-state index in [1.54, 1.807) is 6.07 Å². The Morgan fingerprint density at radius 3 is 2.77 bits per heavy atom. The van der Waals surface area contributed by atoms with E-state index in [1.165, 1.54) is 0 Å². The van der Waals surface area contributed by atoms with Crippen molar-refractivity contribution < 1.29 is 9.59 Å². The summed E-state index contributed by atoms with van der Waals surface area (Å²) in [7, 11) is 0. The lowest BCUT2D eigenvalue weighted by Crippen LogP contribution is -2.26. The zero-order valence-electron chi connectivity index (χ0n) is 12.3. The molecule has 0 bridgehead atoms. The molecule has 0 spiro atoms. The summed E-state index contributed by atoms with van der Waals surface area (Å²) in [6, 6.07) is 11.5. The molecule has 1 aromatic carbocycles. The predicted molar refractivity (Wildman–Crippen MR) is 85.3 cm³/mol. The molecule has 0 radical (unpaired) electrons. The SMILES string of the molecule is O=C(CCCNC(=O)C1CC1)Nc1ccc2ccccc2n1. The molecule has 22 heavy (non-hydrogen) atoms. The van der Waals surface area contributed by atoms with E-state index in [9.17, 15) is 9.59 Å². The Labute approximate surface area is 129 Å². The Hall–Kier alpha value is -2.43. The van der Waals surface area contributed by atoms with Gasteiger partial charge in [-0.1, -0.05) is 18.2 Å². The van der Waals surface area contributed by atoms with Gasteiger partial charge < -0.3 is 10.6 Å². The van der Waals surface area contributed by atoms with Crippen LogP contribution in [-0.2, 0) is 9.59 Å². The number of hydrogen-bond acceptors (Lipinski definition) is 3. The zero-order chi connectivity index (χ0) is 15.4. The first-order valence-corrected chi connectivity index (χ1v) is 7.66. The number of nitrogens with one attached hydrogen (secondary N) is 2. The molecule has 3 rings (SSSR count).